The van der Waals surface area contributed by atoms with E-state index in [2.05, 4.69) is 19.8 Å². The average Bonchev–Trinajstić information content (AvgIpc) is 3.28. The van der Waals surface area contributed by atoms with Gasteiger partial charge in [-0.2, -0.15) is 4.98 Å². The Kier molecular flexibility index (Phi) is 5.04. The molecule has 142 valence electrons. The van der Waals surface area contributed by atoms with Crippen molar-refractivity contribution in [3.63, 3.8) is 0 Å². The van der Waals surface area contributed by atoms with E-state index in [1.807, 2.05) is 17.2 Å². The maximum absolute atomic E-state index is 12.8. The minimum absolute atomic E-state index is 0.0416. The molecule has 4 heterocycles. The lowest BCUT2D eigenvalue weighted by Gasteiger charge is -2.35. The lowest BCUT2D eigenvalue weighted by atomic mass is 10.2. The number of ether oxygens (including phenoxy) is 1. The van der Waals surface area contributed by atoms with Crippen LogP contribution in [0, 0.1) is 0 Å². The topological polar surface area (TPSA) is 74.7 Å². The second-order valence-electron chi connectivity index (χ2n) is 6.75. The van der Waals surface area contributed by atoms with Crippen LogP contribution in [0.15, 0.2) is 30.6 Å². The van der Waals surface area contributed by atoms with E-state index in [1.165, 1.54) is 20.0 Å². The average molecular weight is 368 g/mol. The Hall–Kier alpha value is -2.90. The first kappa shape index (κ1) is 17.5. The van der Waals surface area contributed by atoms with Crippen LogP contribution in [0.2, 0.25) is 0 Å². The Morgan fingerprint density at radius 2 is 1.74 bits per heavy atom. The summed E-state index contributed by atoms with van der Waals surface area (Å²) >= 11 is 0. The van der Waals surface area contributed by atoms with Gasteiger partial charge in [0.25, 0.3) is 5.91 Å². The van der Waals surface area contributed by atoms with Crippen molar-refractivity contribution < 1.29 is 9.53 Å². The molecule has 0 unspecified atom stereocenters. The van der Waals surface area contributed by atoms with Crippen molar-refractivity contribution in [3.05, 3.63) is 36.2 Å². The normalized spacial score (nSPS) is 17.3. The van der Waals surface area contributed by atoms with Crippen molar-refractivity contribution in [1.29, 1.82) is 0 Å². The molecular formula is C19H24N6O2. The number of piperazine rings is 1. The van der Waals surface area contributed by atoms with Gasteiger partial charge in [0, 0.05) is 51.7 Å². The first-order valence-corrected chi connectivity index (χ1v) is 9.37. The molecule has 0 bridgehead atoms. The Morgan fingerprint density at radius 1 is 0.963 bits per heavy atom. The molecule has 8 nitrogen and oxygen atoms in total. The summed E-state index contributed by atoms with van der Waals surface area (Å²) in [4.78, 5) is 32.4. The predicted octanol–water partition coefficient (Wildman–Crippen LogP) is 1.44. The van der Waals surface area contributed by atoms with Crippen LogP contribution in [-0.2, 0) is 0 Å². The molecule has 2 fully saturated rings. The van der Waals surface area contributed by atoms with Crippen molar-refractivity contribution in [3.8, 4) is 5.88 Å². The van der Waals surface area contributed by atoms with Gasteiger partial charge in [0.1, 0.15) is 11.4 Å². The number of methoxy groups -OCH3 is 1. The van der Waals surface area contributed by atoms with E-state index in [9.17, 15) is 4.79 Å². The Bertz CT molecular complexity index is 800. The first-order chi connectivity index (χ1) is 13.3. The summed E-state index contributed by atoms with van der Waals surface area (Å²) in [6.45, 7) is 4.81. The van der Waals surface area contributed by atoms with Crippen LogP contribution < -0.4 is 14.5 Å². The zero-order chi connectivity index (χ0) is 18.6. The fourth-order valence-corrected chi connectivity index (χ4v) is 3.61. The van der Waals surface area contributed by atoms with E-state index in [-0.39, 0.29) is 5.91 Å². The highest BCUT2D eigenvalue weighted by molar-refractivity contribution is 5.96. The zero-order valence-corrected chi connectivity index (χ0v) is 15.5. The molecule has 27 heavy (non-hydrogen) atoms. The van der Waals surface area contributed by atoms with Gasteiger partial charge in [-0.1, -0.05) is 0 Å². The number of aromatic nitrogens is 3. The van der Waals surface area contributed by atoms with Crippen molar-refractivity contribution in [2.75, 3.05) is 56.2 Å². The summed E-state index contributed by atoms with van der Waals surface area (Å²) in [7, 11) is 1.53. The SMILES string of the molecule is COc1ncccc1C(=O)N1CCN(c2ccnc(N3CCCC3)n2)CC1. The summed E-state index contributed by atoms with van der Waals surface area (Å²) in [6, 6.07) is 5.46. The molecule has 2 saturated heterocycles. The van der Waals surface area contributed by atoms with Gasteiger partial charge in [0.2, 0.25) is 11.8 Å². The van der Waals surface area contributed by atoms with E-state index >= 15 is 0 Å². The molecule has 0 atom stereocenters. The number of nitrogens with zero attached hydrogens (tertiary/aromatic N) is 6. The van der Waals surface area contributed by atoms with Crippen molar-refractivity contribution >= 4 is 17.7 Å². The highest BCUT2D eigenvalue weighted by Gasteiger charge is 2.26. The molecular weight excluding hydrogens is 344 g/mol. The van der Waals surface area contributed by atoms with Crippen LogP contribution in [0.3, 0.4) is 0 Å². The van der Waals surface area contributed by atoms with E-state index < -0.39 is 0 Å². The van der Waals surface area contributed by atoms with Crippen LogP contribution in [0.4, 0.5) is 11.8 Å². The Morgan fingerprint density at radius 3 is 2.48 bits per heavy atom. The quantitative estimate of drug-likeness (QED) is 0.808. The molecule has 0 saturated carbocycles. The zero-order valence-electron chi connectivity index (χ0n) is 15.5. The fraction of sp³-hybridized carbons (Fsp3) is 0.474. The van der Waals surface area contributed by atoms with Crippen molar-refractivity contribution in [1.82, 2.24) is 19.9 Å². The monoisotopic (exact) mass is 368 g/mol. The standard InChI is InChI=1S/C19H24N6O2/c1-27-17-15(5-4-7-20-17)18(26)24-13-11-23(12-14-24)16-6-8-21-19(22-16)25-9-2-3-10-25/h4-8H,2-3,9-14H2,1H3. The summed E-state index contributed by atoms with van der Waals surface area (Å²) in [5.41, 5.74) is 0.506. The van der Waals surface area contributed by atoms with Crippen molar-refractivity contribution in [2.45, 2.75) is 12.8 Å². The number of rotatable bonds is 4. The van der Waals surface area contributed by atoms with Gasteiger partial charge in [-0.05, 0) is 31.0 Å². The van der Waals surface area contributed by atoms with Crippen molar-refractivity contribution in [2.24, 2.45) is 0 Å². The third kappa shape index (κ3) is 3.65. The molecule has 0 N–H and O–H groups in total. The van der Waals surface area contributed by atoms with Crippen LogP contribution in [-0.4, -0.2) is 72.1 Å². The van der Waals surface area contributed by atoms with Crippen LogP contribution >= 0.6 is 0 Å². The highest BCUT2D eigenvalue weighted by atomic mass is 16.5. The maximum Gasteiger partial charge on any atom is 0.259 e. The number of carbonyl (C=O) groups is 1. The molecule has 1 amide bonds. The maximum atomic E-state index is 12.8. The van der Waals surface area contributed by atoms with Gasteiger partial charge in [-0.3, -0.25) is 4.79 Å². The minimum Gasteiger partial charge on any atom is -0.480 e. The molecule has 2 aliphatic heterocycles. The molecule has 2 aromatic heterocycles. The summed E-state index contributed by atoms with van der Waals surface area (Å²) in [6.07, 6.45) is 5.85. The second kappa shape index (κ2) is 7.77. The lowest BCUT2D eigenvalue weighted by molar-refractivity contribution is 0.0742. The smallest absolute Gasteiger partial charge is 0.259 e. The second-order valence-corrected chi connectivity index (χ2v) is 6.75. The molecule has 0 aliphatic carbocycles. The number of hydrogen-bond acceptors (Lipinski definition) is 7. The van der Waals surface area contributed by atoms with E-state index in [0.29, 0.717) is 24.5 Å². The van der Waals surface area contributed by atoms with Crippen LogP contribution in [0.5, 0.6) is 5.88 Å². The molecule has 0 radical (unpaired) electrons. The Balaban J connectivity index is 1.42. The van der Waals surface area contributed by atoms with E-state index in [4.69, 9.17) is 9.72 Å². The molecule has 2 aliphatic rings. The predicted molar refractivity (Wildman–Crippen MR) is 102 cm³/mol. The summed E-state index contributed by atoms with van der Waals surface area (Å²) in [5.74, 6) is 2.07. The molecule has 8 heteroatoms. The number of pyridine rings is 1. The molecule has 4 rings (SSSR count). The van der Waals surface area contributed by atoms with Crippen LogP contribution in [0.25, 0.3) is 0 Å². The number of hydrogen-bond donors (Lipinski definition) is 0. The van der Waals surface area contributed by atoms with Gasteiger partial charge in [-0.25, -0.2) is 9.97 Å². The first-order valence-electron chi connectivity index (χ1n) is 9.37. The molecule has 2 aromatic rings. The number of anilines is 2. The number of carbonyl (C=O) groups excluding carboxylic acids is 1. The Labute approximate surface area is 158 Å². The minimum atomic E-state index is -0.0416. The van der Waals surface area contributed by atoms with Gasteiger partial charge in [0.15, 0.2) is 0 Å². The van der Waals surface area contributed by atoms with Gasteiger partial charge in [-0.15, -0.1) is 0 Å². The van der Waals surface area contributed by atoms with E-state index in [1.54, 1.807) is 18.3 Å². The summed E-state index contributed by atoms with van der Waals surface area (Å²) < 4.78 is 5.22. The van der Waals surface area contributed by atoms with Gasteiger partial charge >= 0.3 is 0 Å². The van der Waals surface area contributed by atoms with E-state index in [0.717, 1.165) is 37.9 Å². The summed E-state index contributed by atoms with van der Waals surface area (Å²) in [5, 5.41) is 0. The number of amides is 1. The van der Waals surface area contributed by atoms with Gasteiger partial charge < -0.3 is 19.4 Å². The molecule has 0 aromatic carbocycles. The van der Waals surface area contributed by atoms with Crippen LogP contribution in [0.1, 0.15) is 23.2 Å². The third-order valence-corrected chi connectivity index (χ3v) is 5.10. The lowest BCUT2D eigenvalue weighted by Crippen LogP contribution is -2.49. The highest BCUT2D eigenvalue weighted by Crippen LogP contribution is 2.21. The van der Waals surface area contributed by atoms with Gasteiger partial charge in [0.05, 0.1) is 7.11 Å². The fourth-order valence-electron chi connectivity index (χ4n) is 3.61. The molecule has 0 spiro atoms. The largest absolute Gasteiger partial charge is 0.480 e. The third-order valence-electron chi connectivity index (χ3n) is 5.10.